The summed E-state index contributed by atoms with van der Waals surface area (Å²) in [7, 11) is 0. The number of aliphatic hydroxyl groups excluding tert-OH is 1. The molecule has 7 heteroatoms. The minimum Gasteiger partial charge on any atom is -0.394 e. The fraction of sp³-hybridized carbons (Fsp3) is 0.217. The standard InChI is InChI=1S/C23H22N4O3/c28-13-21(26-22(29)19-11-14-5-1-3-7-17(14)24-19)23(30)27-10-9-16-15-6-2-4-8-18(15)25-20(16)12-27/h1-8,11,21,24-25,28H,9-10,12-13H2,(H,26,29). The van der Waals surface area contributed by atoms with E-state index >= 15 is 0 Å². The zero-order chi connectivity index (χ0) is 20.7. The van der Waals surface area contributed by atoms with Gasteiger partial charge in [0.1, 0.15) is 11.7 Å². The monoisotopic (exact) mass is 402 g/mol. The number of nitrogens with one attached hydrogen (secondary N) is 3. The molecule has 0 spiro atoms. The summed E-state index contributed by atoms with van der Waals surface area (Å²) < 4.78 is 0. The van der Waals surface area contributed by atoms with E-state index in [0.29, 0.717) is 18.8 Å². The molecule has 30 heavy (non-hydrogen) atoms. The predicted molar refractivity (Wildman–Crippen MR) is 114 cm³/mol. The highest BCUT2D eigenvalue weighted by Gasteiger charge is 2.30. The molecule has 0 bridgehead atoms. The van der Waals surface area contributed by atoms with Gasteiger partial charge in [0, 0.05) is 34.0 Å². The Bertz CT molecular complexity index is 1220. The first-order valence-corrected chi connectivity index (χ1v) is 10.0. The lowest BCUT2D eigenvalue weighted by Crippen LogP contribution is -2.51. The van der Waals surface area contributed by atoms with Crippen LogP contribution in [0.2, 0.25) is 0 Å². The van der Waals surface area contributed by atoms with E-state index in [4.69, 9.17) is 0 Å². The summed E-state index contributed by atoms with van der Waals surface area (Å²) in [4.78, 5) is 33.8. The Kier molecular flexibility index (Phi) is 4.52. The molecule has 1 aliphatic heterocycles. The van der Waals surface area contributed by atoms with Crippen molar-refractivity contribution in [3.8, 4) is 0 Å². The first-order valence-electron chi connectivity index (χ1n) is 10.0. The Morgan fingerprint density at radius 2 is 1.83 bits per heavy atom. The number of amides is 2. The SMILES string of the molecule is O=C(NC(CO)C(=O)N1CCc2c([nH]c3ccccc23)C1)c1cc2ccccc2[nH]1. The number of H-pyrrole nitrogens is 2. The number of para-hydroxylation sites is 2. The number of fused-ring (bicyclic) bond motifs is 4. The molecule has 2 aromatic carbocycles. The van der Waals surface area contributed by atoms with Gasteiger partial charge in [0.15, 0.2) is 0 Å². The molecule has 4 aromatic rings. The van der Waals surface area contributed by atoms with Crippen LogP contribution in [0.25, 0.3) is 21.8 Å². The number of benzene rings is 2. The normalized spacial score (nSPS) is 14.6. The van der Waals surface area contributed by atoms with Crippen LogP contribution in [-0.4, -0.2) is 51.0 Å². The molecule has 152 valence electrons. The fourth-order valence-electron chi connectivity index (χ4n) is 4.22. The second kappa shape index (κ2) is 7.35. The number of carbonyl (C=O) groups is 2. The van der Waals surface area contributed by atoms with Gasteiger partial charge in [-0.1, -0.05) is 36.4 Å². The highest BCUT2D eigenvalue weighted by atomic mass is 16.3. The van der Waals surface area contributed by atoms with Crippen LogP contribution < -0.4 is 5.32 Å². The summed E-state index contributed by atoms with van der Waals surface area (Å²) in [5.74, 6) is -0.701. The van der Waals surface area contributed by atoms with Gasteiger partial charge in [-0.15, -0.1) is 0 Å². The summed E-state index contributed by atoms with van der Waals surface area (Å²) in [5.41, 5.74) is 4.50. The molecule has 2 aromatic heterocycles. The maximum Gasteiger partial charge on any atom is 0.268 e. The summed E-state index contributed by atoms with van der Waals surface area (Å²) in [5, 5.41) is 14.6. The topological polar surface area (TPSA) is 101 Å². The molecular weight excluding hydrogens is 380 g/mol. The van der Waals surface area contributed by atoms with Crippen molar-refractivity contribution in [2.24, 2.45) is 0 Å². The number of hydrogen-bond donors (Lipinski definition) is 4. The van der Waals surface area contributed by atoms with Crippen molar-refractivity contribution in [1.82, 2.24) is 20.2 Å². The lowest BCUT2D eigenvalue weighted by molar-refractivity contribution is -0.135. The van der Waals surface area contributed by atoms with Crippen molar-refractivity contribution in [1.29, 1.82) is 0 Å². The van der Waals surface area contributed by atoms with E-state index in [1.807, 2.05) is 42.5 Å². The third kappa shape index (κ3) is 3.13. The van der Waals surface area contributed by atoms with E-state index < -0.39 is 18.6 Å². The van der Waals surface area contributed by atoms with E-state index in [0.717, 1.165) is 28.5 Å². The number of carbonyl (C=O) groups excluding carboxylic acids is 2. The average molecular weight is 402 g/mol. The highest BCUT2D eigenvalue weighted by Crippen LogP contribution is 2.27. The zero-order valence-corrected chi connectivity index (χ0v) is 16.3. The number of hydrogen-bond acceptors (Lipinski definition) is 3. The van der Waals surface area contributed by atoms with Gasteiger partial charge >= 0.3 is 0 Å². The quantitative estimate of drug-likeness (QED) is 0.421. The van der Waals surface area contributed by atoms with Gasteiger partial charge < -0.3 is 25.3 Å². The molecule has 0 fully saturated rings. The first kappa shape index (κ1) is 18.4. The van der Waals surface area contributed by atoms with Crippen molar-refractivity contribution in [2.75, 3.05) is 13.2 Å². The molecule has 1 atom stereocenters. The zero-order valence-electron chi connectivity index (χ0n) is 16.3. The Morgan fingerprint density at radius 1 is 1.07 bits per heavy atom. The molecule has 1 aliphatic rings. The van der Waals surface area contributed by atoms with Crippen LogP contribution in [0.5, 0.6) is 0 Å². The second-order valence-electron chi connectivity index (χ2n) is 7.62. The van der Waals surface area contributed by atoms with Crippen LogP contribution >= 0.6 is 0 Å². The van der Waals surface area contributed by atoms with Gasteiger partial charge in [0.25, 0.3) is 5.91 Å². The fourth-order valence-corrected chi connectivity index (χ4v) is 4.22. The van der Waals surface area contributed by atoms with Crippen LogP contribution in [0.1, 0.15) is 21.7 Å². The van der Waals surface area contributed by atoms with Crippen LogP contribution in [0.4, 0.5) is 0 Å². The van der Waals surface area contributed by atoms with Crippen LogP contribution in [-0.2, 0) is 17.8 Å². The van der Waals surface area contributed by atoms with E-state index in [-0.39, 0.29) is 5.91 Å². The molecule has 5 rings (SSSR count). The van der Waals surface area contributed by atoms with Gasteiger partial charge in [-0.2, -0.15) is 0 Å². The van der Waals surface area contributed by atoms with Gasteiger partial charge in [-0.05, 0) is 30.2 Å². The minimum atomic E-state index is -0.991. The maximum absolute atomic E-state index is 13.0. The number of aromatic amines is 2. The molecule has 0 radical (unpaired) electrons. The molecule has 0 saturated heterocycles. The average Bonchev–Trinajstić information content (AvgIpc) is 3.37. The molecule has 0 aliphatic carbocycles. The summed E-state index contributed by atoms with van der Waals surface area (Å²) in [6.45, 7) is 0.523. The van der Waals surface area contributed by atoms with E-state index in [2.05, 4.69) is 21.4 Å². The van der Waals surface area contributed by atoms with E-state index in [1.54, 1.807) is 11.0 Å². The van der Waals surface area contributed by atoms with Crippen molar-refractivity contribution in [2.45, 2.75) is 19.0 Å². The number of rotatable bonds is 4. The molecular formula is C23H22N4O3. The largest absolute Gasteiger partial charge is 0.394 e. The van der Waals surface area contributed by atoms with E-state index in [1.165, 1.54) is 10.9 Å². The molecule has 0 saturated carbocycles. The highest BCUT2D eigenvalue weighted by molar-refractivity contribution is 6.00. The van der Waals surface area contributed by atoms with Crippen LogP contribution in [0.15, 0.2) is 54.6 Å². The lowest BCUT2D eigenvalue weighted by Gasteiger charge is -2.30. The Balaban J connectivity index is 1.32. The Hall–Kier alpha value is -3.58. The Labute approximate surface area is 172 Å². The minimum absolute atomic E-state index is 0.286. The molecule has 4 N–H and O–H groups in total. The number of aliphatic hydroxyl groups is 1. The molecule has 7 nitrogen and oxygen atoms in total. The van der Waals surface area contributed by atoms with Crippen LogP contribution in [0.3, 0.4) is 0 Å². The predicted octanol–water partition coefficient (Wildman–Crippen LogP) is 2.32. The summed E-state index contributed by atoms with van der Waals surface area (Å²) in [6.07, 6.45) is 0.735. The lowest BCUT2D eigenvalue weighted by atomic mass is 10.0. The third-order valence-corrected chi connectivity index (χ3v) is 5.75. The molecule has 3 heterocycles. The first-order chi connectivity index (χ1) is 14.6. The van der Waals surface area contributed by atoms with Crippen molar-refractivity contribution in [3.05, 3.63) is 71.5 Å². The van der Waals surface area contributed by atoms with Gasteiger partial charge in [0.2, 0.25) is 5.91 Å². The van der Waals surface area contributed by atoms with Gasteiger partial charge in [0.05, 0.1) is 13.2 Å². The van der Waals surface area contributed by atoms with Gasteiger partial charge in [-0.25, -0.2) is 0 Å². The number of aromatic nitrogens is 2. The third-order valence-electron chi connectivity index (χ3n) is 5.75. The van der Waals surface area contributed by atoms with Crippen molar-refractivity contribution >= 4 is 33.6 Å². The number of nitrogens with zero attached hydrogens (tertiary/aromatic N) is 1. The summed E-state index contributed by atoms with van der Waals surface area (Å²) >= 11 is 0. The van der Waals surface area contributed by atoms with E-state index in [9.17, 15) is 14.7 Å². The Morgan fingerprint density at radius 3 is 2.63 bits per heavy atom. The van der Waals surface area contributed by atoms with Crippen molar-refractivity contribution in [3.63, 3.8) is 0 Å². The van der Waals surface area contributed by atoms with Crippen molar-refractivity contribution < 1.29 is 14.7 Å². The molecule has 2 amide bonds. The van der Waals surface area contributed by atoms with Gasteiger partial charge in [-0.3, -0.25) is 9.59 Å². The molecule has 1 unspecified atom stereocenters. The second-order valence-corrected chi connectivity index (χ2v) is 7.62. The maximum atomic E-state index is 13.0. The summed E-state index contributed by atoms with van der Waals surface area (Å²) in [6, 6.07) is 16.4. The van der Waals surface area contributed by atoms with Crippen LogP contribution in [0, 0.1) is 0 Å². The smallest absolute Gasteiger partial charge is 0.268 e.